The molecule has 0 aliphatic carbocycles. The number of ether oxygens (including phenoxy) is 1. The van der Waals surface area contributed by atoms with Crippen LogP contribution in [0.5, 0.6) is 0 Å². The molecule has 3 N–H and O–H groups in total. The number of nitrogens with zero attached hydrogens (tertiary/aromatic N) is 1. The highest BCUT2D eigenvalue weighted by Gasteiger charge is 2.15. The monoisotopic (exact) mass is 503 g/mol. The number of aliphatic carboxylic acids is 1. The van der Waals surface area contributed by atoms with Crippen LogP contribution in [0.3, 0.4) is 0 Å². The normalized spacial score (nSPS) is 15.1. The number of carboxylic acid groups (broad SMARTS) is 1. The van der Waals surface area contributed by atoms with Crippen molar-refractivity contribution in [3.05, 3.63) is 63.7 Å². The first-order valence-corrected chi connectivity index (χ1v) is 12.2. The van der Waals surface area contributed by atoms with Crippen LogP contribution in [-0.4, -0.2) is 61.5 Å². The van der Waals surface area contributed by atoms with Gasteiger partial charge in [-0.2, -0.15) is 9.59 Å². The summed E-state index contributed by atoms with van der Waals surface area (Å²) in [5.74, 6) is -0.745. The molecular weight excluding hydrogens is 470 g/mol. The molecule has 2 aliphatic heterocycles. The van der Waals surface area contributed by atoms with Crippen LogP contribution < -0.4 is 10.6 Å². The molecule has 9 heteroatoms. The highest BCUT2D eigenvalue weighted by molar-refractivity contribution is 6.33. The first-order chi connectivity index (χ1) is 17.0. The highest BCUT2D eigenvalue weighted by atomic mass is 35.5. The molecule has 0 bridgehead atoms. The van der Waals surface area contributed by atoms with Gasteiger partial charge in [-0.1, -0.05) is 48.9 Å². The van der Waals surface area contributed by atoms with Crippen molar-refractivity contribution in [1.29, 1.82) is 0 Å². The summed E-state index contributed by atoms with van der Waals surface area (Å²) in [7, 11) is 0. The molecule has 0 saturated carbocycles. The second-order valence-corrected chi connectivity index (χ2v) is 8.61. The third kappa shape index (κ3) is 10.2. The summed E-state index contributed by atoms with van der Waals surface area (Å²) in [4.78, 5) is 28.1. The Bertz CT molecular complexity index is 956. The fraction of sp³-hybridized carbons (Fsp3) is 0.462. The maximum absolute atomic E-state index is 9.37. The summed E-state index contributed by atoms with van der Waals surface area (Å²) in [5, 5.41) is 15.6. The maximum atomic E-state index is 9.37. The number of hydrogen-bond acceptors (Lipinski definition) is 7. The number of benzene rings is 2. The Morgan fingerprint density at radius 3 is 2.31 bits per heavy atom. The smallest absolute Gasteiger partial charge is 0.373 e. The van der Waals surface area contributed by atoms with Crippen LogP contribution in [0.2, 0.25) is 5.02 Å². The number of carboxylic acids is 1. The van der Waals surface area contributed by atoms with Gasteiger partial charge in [0.2, 0.25) is 0 Å². The summed E-state index contributed by atoms with van der Waals surface area (Å²) >= 11 is 6.52. The van der Waals surface area contributed by atoms with E-state index in [2.05, 4.69) is 45.9 Å². The zero-order valence-corrected chi connectivity index (χ0v) is 20.9. The molecule has 1 saturated heterocycles. The van der Waals surface area contributed by atoms with Crippen LogP contribution in [0, 0.1) is 0 Å². The number of halogens is 1. The number of rotatable bonds is 6. The molecule has 0 aromatic heterocycles. The number of nitrogens with one attached hydrogen (secondary N) is 2. The van der Waals surface area contributed by atoms with Crippen LogP contribution in [0.4, 0.5) is 5.69 Å². The van der Waals surface area contributed by atoms with E-state index in [1.165, 1.54) is 22.3 Å². The molecule has 190 valence electrons. The lowest BCUT2D eigenvalue weighted by atomic mass is 10.0. The van der Waals surface area contributed by atoms with Crippen molar-refractivity contribution in [2.24, 2.45) is 0 Å². The van der Waals surface area contributed by atoms with Crippen molar-refractivity contribution >= 4 is 29.4 Å². The molecule has 0 radical (unpaired) electrons. The molecular formula is C26H34ClN3O5. The average molecular weight is 504 g/mol. The second-order valence-electron chi connectivity index (χ2n) is 8.20. The van der Waals surface area contributed by atoms with E-state index in [0.29, 0.717) is 0 Å². The standard InChI is InChI=1S/C22H28ClN3O.C3H6O2.CO2/c23-21-6-5-19-7-9-24-10-8-20(19)22(21)25-15-17-1-3-18(4-2-17)16-26-11-13-27-14-12-26;1-2-3(4)5;2-1-3/h1-6,24-25H,7-16H2;2H2,1H3,(H,4,5);. The second kappa shape index (κ2) is 16.0. The van der Waals surface area contributed by atoms with Gasteiger partial charge in [-0.25, -0.2) is 0 Å². The van der Waals surface area contributed by atoms with E-state index < -0.39 is 5.97 Å². The third-order valence-electron chi connectivity index (χ3n) is 5.79. The molecule has 0 atom stereocenters. The predicted molar refractivity (Wildman–Crippen MR) is 135 cm³/mol. The Morgan fingerprint density at radius 2 is 1.69 bits per heavy atom. The lowest BCUT2D eigenvalue weighted by molar-refractivity contribution is -0.191. The zero-order valence-electron chi connectivity index (χ0n) is 20.1. The molecule has 2 heterocycles. The molecule has 2 aromatic rings. The van der Waals surface area contributed by atoms with Gasteiger partial charge in [-0.15, -0.1) is 0 Å². The van der Waals surface area contributed by atoms with Gasteiger partial charge in [-0.05, 0) is 54.3 Å². The number of hydrogen-bond donors (Lipinski definition) is 3. The fourth-order valence-electron chi connectivity index (χ4n) is 3.91. The van der Waals surface area contributed by atoms with Gasteiger partial charge in [0, 0.05) is 32.6 Å². The summed E-state index contributed by atoms with van der Waals surface area (Å²) in [6.07, 6.45) is 2.56. The summed E-state index contributed by atoms with van der Waals surface area (Å²) < 4.78 is 5.42. The van der Waals surface area contributed by atoms with Crippen molar-refractivity contribution in [2.75, 3.05) is 44.7 Å². The van der Waals surface area contributed by atoms with E-state index in [1.54, 1.807) is 6.92 Å². The molecule has 8 nitrogen and oxygen atoms in total. The van der Waals surface area contributed by atoms with E-state index in [4.69, 9.17) is 31.0 Å². The van der Waals surface area contributed by atoms with Gasteiger partial charge in [-0.3, -0.25) is 9.69 Å². The number of anilines is 1. The molecule has 1 fully saturated rings. The Labute approximate surface area is 211 Å². The molecule has 35 heavy (non-hydrogen) atoms. The number of carbonyl (C=O) groups is 1. The molecule has 0 spiro atoms. The van der Waals surface area contributed by atoms with Crippen molar-refractivity contribution in [2.45, 2.75) is 39.3 Å². The molecule has 0 unspecified atom stereocenters. The average Bonchev–Trinajstić information content (AvgIpc) is 3.12. The number of fused-ring (bicyclic) bond motifs is 1. The van der Waals surface area contributed by atoms with E-state index in [9.17, 15) is 4.79 Å². The SMILES string of the molecule is CCC(=O)O.Clc1ccc2c(c1NCc1ccc(CN3CCOCC3)cc1)CCNCC2.O=C=O. The summed E-state index contributed by atoms with van der Waals surface area (Å²) in [5.41, 5.74) is 6.53. The third-order valence-corrected chi connectivity index (χ3v) is 6.10. The minimum absolute atomic E-state index is 0.222. The Balaban J connectivity index is 0.000000473. The Hall–Kier alpha value is -2.74. The topological polar surface area (TPSA) is 108 Å². The maximum Gasteiger partial charge on any atom is 0.373 e. The first-order valence-electron chi connectivity index (χ1n) is 11.8. The quantitative estimate of drug-likeness (QED) is 0.550. The van der Waals surface area contributed by atoms with Crippen molar-refractivity contribution in [3.8, 4) is 0 Å². The number of morpholine rings is 1. The van der Waals surface area contributed by atoms with Gasteiger partial charge in [0.05, 0.1) is 23.9 Å². The Kier molecular flexibility index (Phi) is 13.0. The predicted octanol–water partition coefficient (Wildman–Crippen LogP) is 3.37. The van der Waals surface area contributed by atoms with Gasteiger partial charge in [0.15, 0.2) is 0 Å². The summed E-state index contributed by atoms with van der Waals surface area (Å²) in [6, 6.07) is 13.1. The first kappa shape index (κ1) is 28.5. The van der Waals surface area contributed by atoms with Crippen molar-refractivity contribution < 1.29 is 24.2 Å². The molecule has 2 aliphatic rings. The number of carbonyl (C=O) groups excluding carboxylic acids is 2. The van der Waals surface area contributed by atoms with Gasteiger partial charge in [0.25, 0.3) is 0 Å². The van der Waals surface area contributed by atoms with Gasteiger partial charge < -0.3 is 20.5 Å². The van der Waals surface area contributed by atoms with Crippen molar-refractivity contribution in [3.63, 3.8) is 0 Å². The lowest BCUT2D eigenvalue weighted by Gasteiger charge is -2.26. The Morgan fingerprint density at radius 1 is 1.09 bits per heavy atom. The van der Waals surface area contributed by atoms with Crippen LogP contribution in [0.25, 0.3) is 0 Å². The zero-order chi connectivity index (χ0) is 25.5. The van der Waals surface area contributed by atoms with Crippen LogP contribution in [-0.2, 0) is 45.1 Å². The van der Waals surface area contributed by atoms with Crippen LogP contribution in [0.1, 0.15) is 35.6 Å². The van der Waals surface area contributed by atoms with E-state index in [0.717, 1.165) is 76.0 Å². The molecule has 2 aromatic carbocycles. The minimum atomic E-state index is -0.745. The van der Waals surface area contributed by atoms with Crippen molar-refractivity contribution in [1.82, 2.24) is 10.2 Å². The van der Waals surface area contributed by atoms with Crippen LogP contribution >= 0.6 is 11.6 Å². The summed E-state index contributed by atoms with van der Waals surface area (Å²) in [6.45, 7) is 9.19. The van der Waals surface area contributed by atoms with E-state index >= 15 is 0 Å². The lowest BCUT2D eigenvalue weighted by Crippen LogP contribution is -2.35. The molecule has 0 amide bonds. The fourth-order valence-corrected chi connectivity index (χ4v) is 4.15. The van der Waals surface area contributed by atoms with E-state index in [1.807, 2.05) is 6.07 Å². The highest BCUT2D eigenvalue weighted by Crippen LogP contribution is 2.31. The van der Waals surface area contributed by atoms with Gasteiger partial charge in [0.1, 0.15) is 0 Å². The van der Waals surface area contributed by atoms with Gasteiger partial charge >= 0.3 is 12.1 Å². The van der Waals surface area contributed by atoms with E-state index in [-0.39, 0.29) is 12.6 Å². The van der Waals surface area contributed by atoms with Crippen LogP contribution in [0.15, 0.2) is 36.4 Å². The largest absolute Gasteiger partial charge is 0.481 e. The minimum Gasteiger partial charge on any atom is -0.481 e. The molecule has 4 rings (SSSR count).